The first-order valence-corrected chi connectivity index (χ1v) is 4.62. The van der Waals surface area contributed by atoms with E-state index < -0.39 is 0 Å². The number of alkyl halides is 1. The van der Waals surface area contributed by atoms with E-state index in [0.717, 1.165) is 19.5 Å². The number of halogens is 1. The van der Waals surface area contributed by atoms with Gasteiger partial charge in [0.1, 0.15) is 0 Å². The number of pyridine rings is 1. The van der Waals surface area contributed by atoms with Gasteiger partial charge < -0.3 is 5.32 Å². The van der Waals surface area contributed by atoms with Crippen LogP contribution in [0.1, 0.15) is 5.56 Å². The van der Waals surface area contributed by atoms with Crippen molar-refractivity contribution >= 4 is 11.6 Å². The molecule has 0 bridgehead atoms. The van der Waals surface area contributed by atoms with Crippen LogP contribution in [0.15, 0.2) is 24.5 Å². The number of hydrogen-bond donors (Lipinski definition) is 1. The van der Waals surface area contributed by atoms with E-state index >= 15 is 0 Å². The van der Waals surface area contributed by atoms with Crippen LogP contribution in [0.2, 0.25) is 0 Å². The van der Waals surface area contributed by atoms with Crippen LogP contribution in [-0.2, 0) is 6.42 Å². The van der Waals surface area contributed by atoms with Crippen LogP contribution in [0.3, 0.4) is 0 Å². The molecule has 1 rings (SSSR count). The average molecular weight is 185 g/mol. The molecule has 1 heterocycles. The van der Waals surface area contributed by atoms with E-state index in [1.165, 1.54) is 5.56 Å². The molecule has 0 aromatic carbocycles. The smallest absolute Gasteiger partial charge is 0.0348 e. The predicted octanol–water partition coefficient (Wildman–Crippen LogP) is 1.45. The molecule has 0 aliphatic rings. The van der Waals surface area contributed by atoms with Gasteiger partial charge >= 0.3 is 0 Å². The maximum absolute atomic E-state index is 5.51. The van der Waals surface area contributed by atoms with Gasteiger partial charge in [-0.1, -0.05) is 6.07 Å². The highest BCUT2D eigenvalue weighted by atomic mass is 35.5. The molecule has 1 aromatic heterocycles. The second-order valence-electron chi connectivity index (χ2n) is 2.55. The molecule has 0 saturated carbocycles. The van der Waals surface area contributed by atoms with Crippen molar-refractivity contribution in [3.63, 3.8) is 0 Å². The molecule has 0 aliphatic carbocycles. The molecule has 1 aromatic rings. The van der Waals surface area contributed by atoms with Crippen molar-refractivity contribution in [2.75, 3.05) is 19.0 Å². The van der Waals surface area contributed by atoms with Crippen molar-refractivity contribution in [3.8, 4) is 0 Å². The van der Waals surface area contributed by atoms with Gasteiger partial charge in [0.15, 0.2) is 0 Å². The fraction of sp³-hybridized carbons (Fsp3) is 0.444. The lowest BCUT2D eigenvalue weighted by molar-refractivity contribution is 0.718. The SMILES string of the molecule is ClCCNCCc1cccnc1. The molecule has 0 spiro atoms. The summed E-state index contributed by atoms with van der Waals surface area (Å²) >= 11 is 5.51. The largest absolute Gasteiger partial charge is 0.315 e. The summed E-state index contributed by atoms with van der Waals surface area (Å²) < 4.78 is 0. The third-order valence-corrected chi connectivity index (χ3v) is 1.77. The van der Waals surface area contributed by atoms with Gasteiger partial charge in [0.25, 0.3) is 0 Å². The van der Waals surface area contributed by atoms with Gasteiger partial charge in [-0.3, -0.25) is 4.98 Å². The Labute approximate surface area is 78.0 Å². The molecule has 0 unspecified atom stereocenters. The van der Waals surface area contributed by atoms with Gasteiger partial charge in [-0.2, -0.15) is 0 Å². The zero-order valence-corrected chi connectivity index (χ0v) is 7.72. The van der Waals surface area contributed by atoms with Crippen molar-refractivity contribution in [2.45, 2.75) is 6.42 Å². The average Bonchev–Trinajstić information content (AvgIpc) is 2.14. The Bertz CT molecular complexity index is 201. The molecule has 0 atom stereocenters. The van der Waals surface area contributed by atoms with Crippen molar-refractivity contribution in [2.24, 2.45) is 0 Å². The van der Waals surface area contributed by atoms with Crippen LogP contribution in [-0.4, -0.2) is 24.0 Å². The standard InChI is InChI=1S/C9H13ClN2/c10-4-7-11-6-3-9-2-1-5-12-8-9/h1-2,5,8,11H,3-4,6-7H2. The highest BCUT2D eigenvalue weighted by molar-refractivity contribution is 6.18. The van der Waals surface area contributed by atoms with Crippen molar-refractivity contribution < 1.29 is 0 Å². The molecule has 66 valence electrons. The quantitative estimate of drug-likeness (QED) is 0.554. The summed E-state index contributed by atoms with van der Waals surface area (Å²) in [6.07, 6.45) is 4.70. The minimum atomic E-state index is 0.674. The van der Waals surface area contributed by atoms with E-state index in [2.05, 4.69) is 16.4 Å². The molecule has 12 heavy (non-hydrogen) atoms. The van der Waals surface area contributed by atoms with Crippen molar-refractivity contribution in [1.82, 2.24) is 10.3 Å². The first-order valence-electron chi connectivity index (χ1n) is 4.09. The Morgan fingerprint density at radius 2 is 2.33 bits per heavy atom. The second-order valence-corrected chi connectivity index (χ2v) is 2.93. The van der Waals surface area contributed by atoms with Crippen LogP contribution in [0.5, 0.6) is 0 Å². The molecule has 0 radical (unpaired) electrons. The van der Waals surface area contributed by atoms with Gasteiger partial charge in [-0.15, -0.1) is 11.6 Å². The molecule has 0 aliphatic heterocycles. The zero-order valence-electron chi connectivity index (χ0n) is 6.96. The number of nitrogens with one attached hydrogen (secondary N) is 1. The van der Waals surface area contributed by atoms with Crippen LogP contribution in [0, 0.1) is 0 Å². The molecular weight excluding hydrogens is 172 g/mol. The predicted molar refractivity (Wildman–Crippen MR) is 51.5 cm³/mol. The summed E-state index contributed by atoms with van der Waals surface area (Å²) in [4.78, 5) is 4.03. The van der Waals surface area contributed by atoms with Gasteiger partial charge in [-0.25, -0.2) is 0 Å². The van der Waals surface area contributed by atoms with E-state index in [1.807, 2.05) is 12.3 Å². The van der Waals surface area contributed by atoms with Gasteiger partial charge in [0.2, 0.25) is 0 Å². The minimum absolute atomic E-state index is 0.674. The van der Waals surface area contributed by atoms with Gasteiger partial charge in [0, 0.05) is 24.8 Å². The van der Waals surface area contributed by atoms with E-state index in [1.54, 1.807) is 6.20 Å². The van der Waals surface area contributed by atoms with Crippen molar-refractivity contribution in [1.29, 1.82) is 0 Å². The number of rotatable bonds is 5. The fourth-order valence-corrected chi connectivity index (χ4v) is 1.10. The molecule has 3 heteroatoms. The Morgan fingerprint density at radius 3 is 3.00 bits per heavy atom. The van der Waals surface area contributed by atoms with E-state index in [-0.39, 0.29) is 0 Å². The number of hydrogen-bond acceptors (Lipinski definition) is 2. The molecule has 0 amide bonds. The lowest BCUT2D eigenvalue weighted by atomic mass is 10.2. The Morgan fingerprint density at radius 1 is 1.42 bits per heavy atom. The Hall–Kier alpha value is -0.600. The molecule has 0 fully saturated rings. The summed E-state index contributed by atoms with van der Waals surface area (Å²) in [6.45, 7) is 1.85. The van der Waals surface area contributed by atoms with E-state index in [9.17, 15) is 0 Å². The van der Waals surface area contributed by atoms with Crippen LogP contribution in [0.25, 0.3) is 0 Å². The molecular formula is C9H13ClN2. The molecule has 1 N–H and O–H groups in total. The normalized spacial score (nSPS) is 10.1. The third-order valence-electron chi connectivity index (χ3n) is 1.58. The number of aromatic nitrogens is 1. The van der Waals surface area contributed by atoms with Crippen LogP contribution < -0.4 is 5.32 Å². The molecule has 2 nitrogen and oxygen atoms in total. The fourth-order valence-electron chi connectivity index (χ4n) is 0.971. The van der Waals surface area contributed by atoms with Gasteiger partial charge in [0.05, 0.1) is 0 Å². The van der Waals surface area contributed by atoms with Crippen LogP contribution in [0.4, 0.5) is 0 Å². The minimum Gasteiger partial charge on any atom is -0.315 e. The lowest BCUT2D eigenvalue weighted by Crippen LogP contribution is -2.19. The molecule has 0 saturated heterocycles. The van der Waals surface area contributed by atoms with Gasteiger partial charge in [-0.05, 0) is 24.6 Å². The monoisotopic (exact) mass is 184 g/mol. The third kappa shape index (κ3) is 3.69. The van der Waals surface area contributed by atoms with E-state index in [0.29, 0.717) is 5.88 Å². The summed E-state index contributed by atoms with van der Waals surface area (Å²) in [5, 5.41) is 3.22. The van der Waals surface area contributed by atoms with E-state index in [4.69, 9.17) is 11.6 Å². The Kier molecular flexibility index (Phi) is 4.73. The summed E-state index contributed by atoms with van der Waals surface area (Å²) in [5.41, 5.74) is 1.26. The number of nitrogens with zero attached hydrogens (tertiary/aromatic N) is 1. The summed E-state index contributed by atoms with van der Waals surface area (Å²) in [6, 6.07) is 4.03. The topological polar surface area (TPSA) is 24.9 Å². The van der Waals surface area contributed by atoms with Crippen molar-refractivity contribution in [3.05, 3.63) is 30.1 Å². The first-order chi connectivity index (χ1) is 5.93. The summed E-state index contributed by atoms with van der Waals surface area (Å²) in [7, 11) is 0. The lowest BCUT2D eigenvalue weighted by Gasteiger charge is -2.01. The highest BCUT2D eigenvalue weighted by Gasteiger charge is 1.90. The Balaban J connectivity index is 2.16. The maximum Gasteiger partial charge on any atom is 0.0348 e. The van der Waals surface area contributed by atoms with Crippen LogP contribution >= 0.6 is 11.6 Å². The highest BCUT2D eigenvalue weighted by Crippen LogP contribution is 1.94. The second kappa shape index (κ2) is 5.98. The first kappa shape index (κ1) is 9.49. The zero-order chi connectivity index (χ0) is 8.65. The maximum atomic E-state index is 5.51. The summed E-state index contributed by atoms with van der Waals surface area (Å²) in [5.74, 6) is 0.674.